The van der Waals surface area contributed by atoms with Crippen molar-refractivity contribution < 1.29 is 9.53 Å². The second-order valence-electron chi connectivity index (χ2n) is 5.65. The van der Waals surface area contributed by atoms with Crippen molar-refractivity contribution in [3.63, 3.8) is 0 Å². The lowest BCUT2D eigenvalue weighted by atomic mass is 10.1. The molecule has 20 heavy (non-hydrogen) atoms. The first kappa shape index (κ1) is 13.6. The minimum atomic E-state index is 0.107. The van der Waals surface area contributed by atoms with Crippen LogP contribution in [0.1, 0.15) is 12.0 Å². The molecule has 0 saturated carbocycles. The molecule has 0 bridgehead atoms. The van der Waals surface area contributed by atoms with Crippen LogP contribution in [0.4, 0.5) is 0 Å². The van der Waals surface area contributed by atoms with Crippen LogP contribution < -0.4 is 0 Å². The quantitative estimate of drug-likeness (QED) is 0.834. The van der Waals surface area contributed by atoms with Crippen molar-refractivity contribution in [2.45, 2.75) is 13.0 Å². The topological polar surface area (TPSA) is 32.8 Å². The smallest absolute Gasteiger partial charge is 0.228 e. The van der Waals surface area contributed by atoms with E-state index >= 15 is 0 Å². The Kier molecular flexibility index (Phi) is 4.33. The zero-order valence-electron chi connectivity index (χ0n) is 11.8. The van der Waals surface area contributed by atoms with Crippen molar-refractivity contribution in [2.24, 2.45) is 5.92 Å². The molecule has 0 spiro atoms. The number of rotatable bonds is 3. The van der Waals surface area contributed by atoms with Gasteiger partial charge in [-0.25, -0.2) is 0 Å². The zero-order valence-corrected chi connectivity index (χ0v) is 11.8. The molecule has 0 radical (unpaired) electrons. The summed E-state index contributed by atoms with van der Waals surface area (Å²) in [6.07, 6.45) is 0.892. The molecule has 2 saturated heterocycles. The van der Waals surface area contributed by atoms with Crippen LogP contribution >= 0.6 is 0 Å². The molecule has 2 aliphatic rings. The van der Waals surface area contributed by atoms with Crippen molar-refractivity contribution in [2.75, 3.05) is 39.4 Å². The maximum atomic E-state index is 12.3. The summed E-state index contributed by atoms with van der Waals surface area (Å²) in [5, 5.41) is 0. The Morgan fingerprint density at radius 3 is 2.55 bits per heavy atom. The number of benzene rings is 1. The van der Waals surface area contributed by atoms with E-state index in [2.05, 4.69) is 29.2 Å². The molecule has 4 nitrogen and oxygen atoms in total. The molecule has 2 fully saturated rings. The second kappa shape index (κ2) is 6.37. The van der Waals surface area contributed by atoms with Crippen LogP contribution in [0, 0.1) is 5.92 Å². The number of carbonyl (C=O) groups excluding carboxylic acids is 1. The highest BCUT2D eigenvalue weighted by atomic mass is 16.5. The van der Waals surface area contributed by atoms with E-state index in [0.29, 0.717) is 12.5 Å². The highest BCUT2D eigenvalue weighted by Gasteiger charge is 2.29. The number of ether oxygens (including phenoxy) is 1. The van der Waals surface area contributed by atoms with Gasteiger partial charge in [-0.05, 0) is 12.0 Å². The number of amides is 1. The maximum Gasteiger partial charge on any atom is 0.228 e. The average Bonchev–Trinajstić information content (AvgIpc) is 3.03. The molecule has 0 aromatic heterocycles. The molecule has 1 aromatic rings. The Balaban J connectivity index is 1.48. The molecular weight excluding hydrogens is 252 g/mol. The lowest BCUT2D eigenvalue weighted by Gasteiger charge is -2.35. The van der Waals surface area contributed by atoms with E-state index in [-0.39, 0.29) is 5.92 Å². The first-order valence-corrected chi connectivity index (χ1v) is 7.46. The van der Waals surface area contributed by atoms with Gasteiger partial charge in [0.1, 0.15) is 0 Å². The number of piperazine rings is 1. The summed E-state index contributed by atoms with van der Waals surface area (Å²) < 4.78 is 5.31. The van der Waals surface area contributed by atoms with Gasteiger partial charge in [-0.1, -0.05) is 30.3 Å². The van der Waals surface area contributed by atoms with Gasteiger partial charge < -0.3 is 9.64 Å². The third kappa shape index (κ3) is 3.19. The standard InChI is InChI=1S/C16H22N2O2/c19-16(15-6-11-20-13-15)18-9-7-17(8-10-18)12-14-4-2-1-3-5-14/h1-5,15H,6-13H2. The van der Waals surface area contributed by atoms with E-state index in [9.17, 15) is 4.79 Å². The van der Waals surface area contributed by atoms with Gasteiger partial charge >= 0.3 is 0 Å². The van der Waals surface area contributed by atoms with E-state index in [4.69, 9.17) is 4.74 Å². The van der Waals surface area contributed by atoms with Crippen LogP contribution in [0.5, 0.6) is 0 Å². The van der Waals surface area contributed by atoms with Crippen LogP contribution in [-0.4, -0.2) is 55.1 Å². The molecule has 2 aliphatic heterocycles. The molecule has 0 aliphatic carbocycles. The minimum Gasteiger partial charge on any atom is -0.381 e. The summed E-state index contributed by atoms with van der Waals surface area (Å²) in [6, 6.07) is 10.5. The lowest BCUT2D eigenvalue weighted by molar-refractivity contribution is -0.137. The van der Waals surface area contributed by atoms with Crippen LogP contribution in [-0.2, 0) is 16.1 Å². The number of nitrogens with zero attached hydrogens (tertiary/aromatic N) is 2. The Labute approximate surface area is 120 Å². The monoisotopic (exact) mass is 274 g/mol. The van der Waals surface area contributed by atoms with Gasteiger partial charge in [0.15, 0.2) is 0 Å². The summed E-state index contributed by atoms with van der Waals surface area (Å²) in [4.78, 5) is 16.7. The predicted molar refractivity (Wildman–Crippen MR) is 77.2 cm³/mol. The van der Waals surface area contributed by atoms with E-state index in [1.54, 1.807) is 0 Å². The molecule has 1 aromatic carbocycles. The van der Waals surface area contributed by atoms with Crippen molar-refractivity contribution in [1.82, 2.24) is 9.80 Å². The van der Waals surface area contributed by atoms with E-state index in [0.717, 1.165) is 45.8 Å². The van der Waals surface area contributed by atoms with Crippen LogP contribution in [0.25, 0.3) is 0 Å². The molecule has 4 heteroatoms. The number of hydrogen-bond donors (Lipinski definition) is 0. The summed E-state index contributed by atoms with van der Waals surface area (Å²) in [6.45, 7) is 5.97. The maximum absolute atomic E-state index is 12.3. The van der Waals surface area contributed by atoms with Crippen LogP contribution in [0.2, 0.25) is 0 Å². The predicted octanol–water partition coefficient (Wildman–Crippen LogP) is 1.37. The zero-order chi connectivity index (χ0) is 13.8. The van der Waals surface area contributed by atoms with E-state index in [1.807, 2.05) is 11.0 Å². The van der Waals surface area contributed by atoms with Gasteiger partial charge in [0.05, 0.1) is 12.5 Å². The molecule has 2 heterocycles. The SMILES string of the molecule is O=C(C1CCOC1)N1CCN(Cc2ccccc2)CC1. The van der Waals surface area contributed by atoms with Gasteiger partial charge in [-0.3, -0.25) is 9.69 Å². The Morgan fingerprint density at radius 1 is 1.15 bits per heavy atom. The van der Waals surface area contributed by atoms with E-state index < -0.39 is 0 Å². The minimum absolute atomic E-state index is 0.107. The molecular formula is C16H22N2O2. The van der Waals surface area contributed by atoms with Gasteiger partial charge in [-0.2, -0.15) is 0 Å². The fraction of sp³-hybridized carbons (Fsp3) is 0.562. The van der Waals surface area contributed by atoms with Gasteiger partial charge in [-0.15, -0.1) is 0 Å². The number of hydrogen-bond acceptors (Lipinski definition) is 3. The first-order chi connectivity index (χ1) is 9.83. The normalized spacial score (nSPS) is 24.0. The van der Waals surface area contributed by atoms with Gasteiger partial charge in [0.25, 0.3) is 0 Å². The van der Waals surface area contributed by atoms with Crippen LogP contribution in [0.3, 0.4) is 0 Å². The van der Waals surface area contributed by atoms with Crippen molar-refractivity contribution in [1.29, 1.82) is 0 Å². The fourth-order valence-electron chi connectivity index (χ4n) is 2.96. The highest BCUT2D eigenvalue weighted by molar-refractivity contribution is 5.79. The Bertz CT molecular complexity index is 435. The molecule has 1 amide bonds. The molecule has 3 rings (SSSR count). The molecule has 0 N–H and O–H groups in total. The third-order valence-corrected chi connectivity index (χ3v) is 4.21. The molecule has 1 unspecified atom stereocenters. The Morgan fingerprint density at radius 2 is 1.90 bits per heavy atom. The summed E-state index contributed by atoms with van der Waals surface area (Å²) in [5.41, 5.74) is 1.34. The Hall–Kier alpha value is -1.39. The lowest BCUT2D eigenvalue weighted by Crippen LogP contribution is -2.50. The summed E-state index contributed by atoms with van der Waals surface area (Å²) >= 11 is 0. The van der Waals surface area contributed by atoms with Gasteiger partial charge in [0, 0.05) is 39.3 Å². The largest absolute Gasteiger partial charge is 0.381 e. The highest BCUT2D eigenvalue weighted by Crippen LogP contribution is 2.17. The van der Waals surface area contributed by atoms with Crippen molar-refractivity contribution in [3.05, 3.63) is 35.9 Å². The van der Waals surface area contributed by atoms with Crippen molar-refractivity contribution >= 4 is 5.91 Å². The van der Waals surface area contributed by atoms with Gasteiger partial charge in [0.2, 0.25) is 5.91 Å². The second-order valence-corrected chi connectivity index (χ2v) is 5.65. The first-order valence-electron chi connectivity index (χ1n) is 7.46. The van der Waals surface area contributed by atoms with E-state index in [1.165, 1.54) is 5.56 Å². The summed E-state index contributed by atoms with van der Waals surface area (Å²) in [5.74, 6) is 0.400. The number of carbonyl (C=O) groups is 1. The third-order valence-electron chi connectivity index (χ3n) is 4.21. The molecule has 1 atom stereocenters. The summed E-state index contributed by atoms with van der Waals surface area (Å²) in [7, 11) is 0. The fourth-order valence-corrected chi connectivity index (χ4v) is 2.96. The average molecular weight is 274 g/mol. The molecule has 108 valence electrons. The van der Waals surface area contributed by atoms with Crippen molar-refractivity contribution in [3.8, 4) is 0 Å². The van der Waals surface area contributed by atoms with Crippen LogP contribution in [0.15, 0.2) is 30.3 Å².